The van der Waals surface area contributed by atoms with Crippen molar-refractivity contribution in [3.05, 3.63) is 17.8 Å². The molecule has 0 aliphatic heterocycles. The Morgan fingerprint density at radius 1 is 1.56 bits per heavy atom. The molecular formula is C10H16N4OS. The zero-order chi connectivity index (χ0) is 12.0. The van der Waals surface area contributed by atoms with Crippen molar-refractivity contribution < 1.29 is 4.79 Å². The van der Waals surface area contributed by atoms with E-state index in [0.717, 1.165) is 12.2 Å². The maximum atomic E-state index is 10.8. The van der Waals surface area contributed by atoms with E-state index in [1.165, 1.54) is 0 Å². The van der Waals surface area contributed by atoms with Crippen LogP contribution in [0.4, 0.5) is 5.82 Å². The number of nitrogens with two attached hydrogens (primary N) is 1. The number of rotatable bonds is 6. The van der Waals surface area contributed by atoms with E-state index in [-0.39, 0.29) is 5.69 Å². The first-order chi connectivity index (χ1) is 7.67. The lowest BCUT2D eigenvalue weighted by Crippen LogP contribution is -2.22. The third-order valence-electron chi connectivity index (χ3n) is 2.13. The van der Waals surface area contributed by atoms with E-state index in [1.807, 2.05) is 0 Å². The van der Waals surface area contributed by atoms with Crippen LogP contribution in [0.1, 0.15) is 23.8 Å². The molecule has 88 valence electrons. The molecule has 1 amide bonds. The molecule has 1 aromatic heterocycles. The number of carbonyl (C=O) groups is 1. The quantitative estimate of drug-likeness (QED) is 0.779. The molecule has 0 spiro atoms. The predicted molar refractivity (Wildman–Crippen MR) is 66.6 cm³/mol. The molecule has 5 nitrogen and oxygen atoms in total. The lowest BCUT2D eigenvalue weighted by Gasteiger charge is -2.15. The molecule has 1 unspecified atom stereocenters. The second-order valence-electron chi connectivity index (χ2n) is 3.37. The van der Waals surface area contributed by atoms with E-state index in [0.29, 0.717) is 11.9 Å². The van der Waals surface area contributed by atoms with Gasteiger partial charge in [0.2, 0.25) is 0 Å². The molecule has 0 saturated carbocycles. The van der Waals surface area contributed by atoms with Gasteiger partial charge in [0.1, 0.15) is 5.82 Å². The predicted octanol–water partition coefficient (Wildman–Crippen LogP) is 1.13. The van der Waals surface area contributed by atoms with Crippen LogP contribution in [0.5, 0.6) is 0 Å². The van der Waals surface area contributed by atoms with Crippen LogP contribution in [0, 0.1) is 0 Å². The Kier molecular flexibility index (Phi) is 5.04. The molecule has 1 heterocycles. The first-order valence-electron chi connectivity index (χ1n) is 5.06. The average molecular weight is 240 g/mol. The zero-order valence-electron chi connectivity index (χ0n) is 9.43. The van der Waals surface area contributed by atoms with Crippen molar-refractivity contribution in [1.29, 1.82) is 0 Å². The number of nitrogens with one attached hydrogen (secondary N) is 1. The highest BCUT2D eigenvalue weighted by molar-refractivity contribution is 7.98. The largest absolute Gasteiger partial charge is 0.365 e. The third kappa shape index (κ3) is 3.69. The fourth-order valence-corrected chi connectivity index (χ4v) is 1.93. The van der Waals surface area contributed by atoms with E-state index in [1.54, 1.807) is 23.9 Å². The summed E-state index contributed by atoms with van der Waals surface area (Å²) in [6, 6.07) is 3.66. The average Bonchev–Trinajstić information content (AvgIpc) is 2.29. The lowest BCUT2D eigenvalue weighted by molar-refractivity contribution is 0.0994. The van der Waals surface area contributed by atoms with Gasteiger partial charge >= 0.3 is 0 Å². The van der Waals surface area contributed by atoms with Gasteiger partial charge in [-0.05, 0) is 24.8 Å². The van der Waals surface area contributed by atoms with Crippen LogP contribution < -0.4 is 11.1 Å². The van der Waals surface area contributed by atoms with Crippen molar-refractivity contribution in [2.45, 2.75) is 19.4 Å². The highest BCUT2D eigenvalue weighted by Gasteiger charge is 2.07. The van der Waals surface area contributed by atoms with Crippen LogP contribution in [0.2, 0.25) is 0 Å². The number of aromatic nitrogens is 2. The second kappa shape index (κ2) is 6.32. The van der Waals surface area contributed by atoms with Crippen LogP contribution in [-0.2, 0) is 0 Å². The topological polar surface area (TPSA) is 80.9 Å². The number of hydrogen-bond acceptors (Lipinski definition) is 5. The summed E-state index contributed by atoms with van der Waals surface area (Å²) in [5.74, 6) is 1.12. The summed E-state index contributed by atoms with van der Waals surface area (Å²) in [4.78, 5) is 10.8. The van der Waals surface area contributed by atoms with Crippen molar-refractivity contribution in [1.82, 2.24) is 10.2 Å². The highest BCUT2D eigenvalue weighted by Crippen LogP contribution is 2.09. The number of nitrogens with zero attached hydrogens (tertiary/aromatic N) is 2. The molecule has 0 saturated heterocycles. The Bertz CT molecular complexity index is 341. The second-order valence-corrected chi connectivity index (χ2v) is 4.28. The SMILES string of the molecule is CCC(CSC)Nc1ccc(C(N)=O)nn1. The summed E-state index contributed by atoms with van der Waals surface area (Å²) in [6.07, 6.45) is 3.08. The number of thioether (sulfide) groups is 1. The van der Waals surface area contributed by atoms with Crippen LogP contribution in [0.3, 0.4) is 0 Å². The molecule has 6 heteroatoms. The molecule has 16 heavy (non-hydrogen) atoms. The van der Waals surface area contributed by atoms with Gasteiger partial charge in [-0.1, -0.05) is 6.92 Å². The number of anilines is 1. The van der Waals surface area contributed by atoms with Gasteiger partial charge in [0.25, 0.3) is 5.91 Å². The molecule has 0 aromatic carbocycles. The molecule has 1 aromatic rings. The minimum absolute atomic E-state index is 0.184. The van der Waals surface area contributed by atoms with Gasteiger partial charge < -0.3 is 11.1 Å². The number of primary amides is 1. The third-order valence-corrected chi connectivity index (χ3v) is 2.87. The first-order valence-corrected chi connectivity index (χ1v) is 6.45. The fourth-order valence-electron chi connectivity index (χ4n) is 1.21. The standard InChI is InChI=1S/C10H16N4OS/c1-3-7(6-16-2)12-9-5-4-8(10(11)15)13-14-9/h4-5,7H,3,6H2,1-2H3,(H2,11,15)(H,12,14). The Hall–Kier alpha value is -1.30. The van der Waals surface area contributed by atoms with E-state index in [2.05, 4.69) is 28.7 Å². The number of carbonyl (C=O) groups excluding carboxylic acids is 1. The van der Waals surface area contributed by atoms with Crippen LogP contribution >= 0.6 is 11.8 Å². The summed E-state index contributed by atoms with van der Waals surface area (Å²) in [5, 5.41) is 10.9. The summed E-state index contributed by atoms with van der Waals surface area (Å²) in [5.41, 5.74) is 5.26. The van der Waals surface area contributed by atoms with Gasteiger partial charge in [0, 0.05) is 11.8 Å². The van der Waals surface area contributed by atoms with Crippen molar-refractivity contribution in [2.75, 3.05) is 17.3 Å². The van der Waals surface area contributed by atoms with Crippen molar-refractivity contribution in [3.8, 4) is 0 Å². The van der Waals surface area contributed by atoms with Gasteiger partial charge in [0.05, 0.1) is 0 Å². The Morgan fingerprint density at radius 3 is 2.75 bits per heavy atom. The summed E-state index contributed by atoms with van der Waals surface area (Å²) >= 11 is 1.78. The minimum Gasteiger partial charge on any atom is -0.365 e. The number of hydrogen-bond donors (Lipinski definition) is 2. The fraction of sp³-hybridized carbons (Fsp3) is 0.500. The smallest absolute Gasteiger partial charge is 0.269 e. The Morgan fingerprint density at radius 2 is 2.31 bits per heavy atom. The van der Waals surface area contributed by atoms with E-state index in [9.17, 15) is 4.79 Å². The van der Waals surface area contributed by atoms with Crippen molar-refractivity contribution in [3.63, 3.8) is 0 Å². The molecule has 0 aliphatic carbocycles. The van der Waals surface area contributed by atoms with Crippen LogP contribution in [0.15, 0.2) is 12.1 Å². The molecule has 1 atom stereocenters. The Labute approximate surface area is 99.2 Å². The van der Waals surface area contributed by atoms with Gasteiger partial charge in [-0.2, -0.15) is 11.8 Å². The highest BCUT2D eigenvalue weighted by atomic mass is 32.2. The zero-order valence-corrected chi connectivity index (χ0v) is 10.3. The maximum Gasteiger partial charge on any atom is 0.269 e. The monoisotopic (exact) mass is 240 g/mol. The lowest BCUT2D eigenvalue weighted by atomic mass is 10.2. The van der Waals surface area contributed by atoms with Crippen LogP contribution in [0.25, 0.3) is 0 Å². The molecule has 0 bridgehead atoms. The van der Waals surface area contributed by atoms with Gasteiger partial charge in [-0.3, -0.25) is 4.79 Å². The molecule has 0 aliphatic rings. The van der Waals surface area contributed by atoms with E-state index < -0.39 is 5.91 Å². The molecule has 1 rings (SSSR count). The molecule has 3 N–H and O–H groups in total. The van der Waals surface area contributed by atoms with Gasteiger partial charge in [0.15, 0.2) is 5.69 Å². The molecule has 0 fully saturated rings. The van der Waals surface area contributed by atoms with E-state index in [4.69, 9.17) is 5.73 Å². The normalized spacial score (nSPS) is 12.1. The molecular weight excluding hydrogens is 224 g/mol. The minimum atomic E-state index is -0.560. The van der Waals surface area contributed by atoms with Gasteiger partial charge in [-0.15, -0.1) is 10.2 Å². The summed E-state index contributed by atoms with van der Waals surface area (Å²) < 4.78 is 0. The summed E-state index contributed by atoms with van der Waals surface area (Å²) in [6.45, 7) is 2.11. The number of amides is 1. The molecule has 0 radical (unpaired) electrons. The van der Waals surface area contributed by atoms with E-state index >= 15 is 0 Å². The van der Waals surface area contributed by atoms with Gasteiger partial charge in [-0.25, -0.2) is 0 Å². The van der Waals surface area contributed by atoms with Crippen molar-refractivity contribution in [2.24, 2.45) is 5.73 Å². The van der Waals surface area contributed by atoms with Crippen LogP contribution in [-0.4, -0.2) is 34.2 Å². The maximum absolute atomic E-state index is 10.8. The van der Waals surface area contributed by atoms with Crippen molar-refractivity contribution >= 4 is 23.5 Å². The Balaban J connectivity index is 2.63. The summed E-state index contributed by atoms with van der Waals surface area (Å²) in [7, 11) is 0. The first kappa shape index (κ1) is 12.8.